The molecule has 3 aromatic rings. The molecule has 0 aromatic heterocycles. The smallest absolute Gasteiger partial charge is 0.164 e. The molecule has 0 spiro atoms. The van der Waals surface area contributed by atoms with Gasteiger partial charge in [-0.25, -0.2) is 0 Å². The monoisotopic (exact) mass is 332 g/mol. The van der Waals surface area contributed by atoms with Gasteiger partial charge in [0.1, 0.15) is 6.29 Å². The van der Waals surface area contributed by atoms with E-state index in [1.165, 1.54) is 0 Å². The Morgan fingerprint density at radius 1 is 0.625 bits per heavy atom. The second-order valence-corrected chi connectivity index (χ2v) is 8.08. The summed E-state index contributed by atoms with van der Waals surface area (Å²) in [6, 6.07) is 26.2. The Morgan fingerprint density at radius 3 is 1.54 bits per heavy atom. The molecule has 0 saturated carbocycles. The lowest BCUT2D eigenvalue weighted by atomic mass is 10.1. The van der Waals surface area contributed by atoms with Crippen LogP contribution in [0.25, 0.3) is 6.08 Å². The van der Waals surface area contributed by atoms with Crippen LogP contribution in [-0.2, 0) is 4.57 Å². The summed E-state index contributed by atoms with van der Waals surface area (Å²) in [6.45, 7) is 0. The van der Waals surface area contributed by atoms with E-state index in [1.807, 2.05) is 78.9 Å². The summed E-state index contributed by atoms with van der Waals surface area (Å²) in [6.07, 6.45) is 2.67. The minimum atomic E-state index is -2.86. The van der Waals surface area contributed by atoms with Crippen LogP contribution in [-0.4, -0.2) is 6.29 Å². The second-order valence-electron chi connectivity index (χ2n) is 5.43. The van der Waals surface area contributed by atoms with Gasteiger partial charge in [0.25, 0.3) is 0 Å². The van der Waals surface area contributed by atoms with Crippen LogP contribution >= 0.6 is 7.14 Å². The van der Waals surface area contributed by atoms with Crippen LogP contribution in [0.2, 0.25) is 0 Å². The van der Waals surface area contributed by atoms with E-state index in [0.717, 1.165) is 22.5 Å². The molecule has 0 aliphatic carbocycles. The number of rotatable bonds is 5. The zero-order chi connectivity index (χ0) is 16.8. The van der Waals surface area contributed by atoms with Gasteiger partial charge >= 0.3 is 0 Å². The van der Waals surface area contributed by atoms with Gasteiger partial charge in [-0.1, -0.05) is 91.0 Å². The third-order valence-electron chi connectivity index (χ3n) is 3.83. The van der Waals surface area contributed by atoms with Crippen molar-refractivity contribution in [2.45, 2.75) is 0 Å². The lowest BCUT2D eigenvalue weighted by Gasteiger charge is -2.15. The summed E-state index contributed by atoms with van der Waals surface area (Å²) in [4.78, 5) is 10.7. The van der Waals surface area contributed by atoms with Gasteiger partial charge in [-0.2, -0.15) is 0 Å². The van der Waals surface area contributed by atoms with Gasteiger partial charge < -0.3 is 4.57 Å². The standard InChI is InChI=1S/C21H17O2P/c22-17-19-13-11-18(12-14-19)15-16-24(23,20-7-3-1-4-8-20)21-9-5-2-6-10-21/h1-17H/b16-15+. The molecule has 118 valence electrons. The molecule has 3 heteroatoms. The topological polar surface area (TPSA) is 34.1 Å². The van der Waals surface area contributed by atoms with Crippen molar-refractivity contribution in [1.29, 1.82) is 0 Å². The first-order valence-electron chi connectivity index (χ1n) is 7.68. The molecule has 0 bridgehead atoms. The molecule has 0 aliphatic rings. The van der Waals surface area contributed by atoms with E-state index in [4.69, 9.17) is 0 Å². The molecular formula is C21H17O2P. The molecule has 0 saturated heterocycles. The molecule has 2 nitrogen and oxygen atoms in total. The van der Waals surface area contributed by atoms with Crippen molar-refractivity contribution in [1.82, 2.24) is 0 Å². The fraction of sp³-hybridized carbons (Fsp3) is 0. The second kappa shape index (κ2) is 7.25. The largest absolute Gasteiger partial charge is 0.309 e. The number of hydrogen-bond donors (Lipinski definition) is 0. The van der Waals surface area contributed by atoms with E-state index >= 15 is 0 Å². The van der Waals surface area contributed by atoms with Crippen LogP contribution in [0.5, 0.6) is 0 Å². The Morgan fingerprint density at radius 2 is 1.08 bits per heavy atom. The maximum absolute atomic E-state index is 13.8. The SMILES string of the molecule is O=Cc1ccc(/C=C/P(=O)(c2ccccc2)c2ccccc2)cc1. The van der Waals surface area contributed by atoms with Crippen molar-refractivity contribution in [3.8, 4) is 0 Å². The Bertz CT molecular complexity index is 839. The van der Waals surface area contributed by atoms with Gasteiger partial charge in [-0.15, -0.1) is 0 Å². The summed E-state index contributed by atoms with van der Waals surface area (Å²) in [5.74, 6) is 1.79. The van der Waals surface area contributed by atoms with Crippen LogP contribution in [0, 0.1) is 0 Å². The van der Waals surface area contributed by atoms with E-state index in [0.29, 0.717) is 5.56 Å². The fourth-order valence-electron chi connectivity index (χ4n) is 2.50. The van der Waals surface area contributed by atoms with E-state index < -0.39 is 7.14 Å². The summed E-state index contributed by atoms with van der Waals surface area (Å²) >= 11 is 0. The zero-order valence-electron chi connectivity index (χ0n) is 13.1. The van der Waals surface area contributed by atoms with E-state index in [1.54, 1.807) is 17.9 Å². The van der Waals surface area contributed by atoms with Gasteiger partial charge in [0.05, 0.1) is 0 Å². The van der Waals surface area contributed by atoms with Gasteiger partial charge in [0, 0.05) is 16.2 Å². The molecule has 0 fully saturated rings. The Balaban J connectivity index is 2.04. The highest BCUT2D eigenvalue weighted by Gasteiger charge is 2.23. The summed E-state index contributed by atoms with van der Waals surface area (Å²) in [5.41, 5.74) is 1.54. The lowest BCUT2D eigenvalue weighted by Crippen LogP contribution is -2.13. The highest BCUT2D eigenvalue weighted by atomic mass is 31.2. The molecule has 0 N–H and O–H groups in total. The van der Waals surface area contributed by atoms with Crippen molar-refractivity contribution < 1.29 is 9.36 Å². The molecule has 3 rings (SSSR count). The lowest BCUT2D eigenvalue weighted by molar-refractivity contribution is 0.112. The third kappa shape index (κ3) is 3.45. The maximum Gasteiger partial charge on any atom is 0.164 e. The van der Waals surface area contributed by atoms with Crippen LogP contribution in [0.1, 0.15) is 15.9 Å². The van der Waals surface area contributed by atoms with Crippen LogP contribution in [0.3, 0.4) is 0 Å². The number of hydrogen-bond acceptors (Lipinski definition) is 2. The van der Waals surface area contributed by atoms with Crippen molar-refractivity contribution in [2.24, 2.45) is 0 Å². The van der Waals surface area contributed by atoms with Crippen LogP contribution in [0.4, 0.5) is 0 Å². The van der Waals surface area contributed by atoms with Crippen LogP contribution in [0.15, 0.2) is 90.7 Å². The molecule has 0 aliphatic heterocycles. The first-order valence-corrected chi connectivity index (χ1v) is 9.45. The molecule has 0 atom stereocenters. The van der Waals surface area contributed by atoms with Crippen molar-refractivity contribution in [2.75, 3.05) is 0 Å². The molecule has 0 amide bonds. The molecule has 0 heterocycles. The average Bonchev–Trinajstić information content (AvgIpc) is 2.68. The zero-order valence-corrected chi connectivity index (χ0v) is 14.0. The summed E-state index contributed by atoms with van der Waals surface area (Å²) in [7, 11) is -2.86. The van der Waals surface area contributed by atoms with Crippen molar-refractivity contribution in [3.63, 3.8) is 0 Å². The number of carbonyl (C=O) groups excluding carboxylic acids is 1. The van der Waals surface area contributed by atoms with Gasteiger partial charge in [0.2, 0.25) is 0 Å². The average molecular weight is 332 g/mol. The van der Waals surface area contributed by atoms with E-state index in [2.05, 4.69) is 0 Å². The quantitative estimate of drug-likeness (QED) is 0.510. The van der Waals surface area contributed by atoms with Crippen LogP contribution < -0.4 is 10.6 Å². The maximum atomic E-state index is 13.8. The Hall–Kier alpha value is -2.70. The van der Waals surface area contributed by atoms with Gasteiger partial charge in [-0.3, -0.25) is 4.79 Å². The minimum Gasteiger partial charge on any atom is -0.309 e. The summed E-state index contributed by atoms with van der Waals surface area (Å²) in [5, 5.41) is 1.61. The molecule has 3 aromatic carbocycles. The fourth-order valence-corrected chi connectivity index (χ4v) is 4.75. The van der Waals surface area contributed by atoms with Gasteiger partial charge in [0.15, 0.2) is 7.14 Å². The normalized spacial score (nSPS) is 11.5. The van der Waals surface area contributed by atoms with E-state index in [-0.39, 0.29) is 0 Å². The van der Waals surface area contributed by atoms with E-state index in [9.17, 15) is 9.36 Å². The Kier molecular flexibility index (Phi) is 4.88. The molecule has 24 heavy (non-hydrogen) atoms. The molecular weight excluding hydrogens is 315 g/mol. The van der Waals surface area contributed by atoms with Crippen molar-refractivity contribution in [3.05, 3.63) is 102 Å². The predicted octanol–water partition coefficient (Wildman–Crippen LogP) is 4.48. The molecule has 0 radical (unpaired) electrons. The highest BCUT2D eigenvalue weighted by Crippen LogP contribution is 2.45. The highest BCUT2D eigenvalue weighted by molar-refractivity contribution is 7.81. The third-order valence-corrected chi connectivity index (χ3v) is 6.53. The number of benzene rings is 3. The number of carbonyl (C=O) groups is 1. The van der Waals surface area contributed by atoms with Gasteiger partial charge in [-0.05, 0) is 11.4 Å². The first-order chi connectivity index (χ1) is 11.7. The summed E-state index contributed by atoms with van der Waals surface area (Å²) < 4.78 is 13.8. The predicted molar refractivity (Wildman–Crippen MR) is 101 cm³/mol. The van der Waals surface area contributed by atoms with Crippen molar-refractivity contribution >= 4 is 30.1 Å². The first kappa shape index (κ1) is 16.2. The number of aldehydes is 1. The molecule has 0 unspecified atom stereocenters. The minimum absolute atomic E-state index is 0.626. The Labute approximate surface area is 141 Å².